The molecular formula is C25H36OP2. The van der Waals surface area contributed by atoms with Gasteiger partial charge in [-0.25, -0.2) is 0 Å². The van der Waals surface area contributed by atoms with Crippen molar-refractivity contribution in [3.8, 4) is 11.5 Å². The average molecular weight is 415 g/mol. The van der Waals surface area contributed by atoms with Gasteiger partial charge in [0.2, 0.25) is 0 Å². The van der Waals surface area contributed by atoms with E-state index in [0.29, 0.717) is 22.6 Å². The van der Waals surface area contributed by atoms with E-state index in [4.69, 9.17) is 4.74 Å². The number of ether oxygens (including phenoxy) is 1. The van der Waals surface area contributed by atoms with Crippen LogP contribution in [0.5, 0.6) is 11.5 Å². The summed E-state index contributed by atoms with van der Waals surface area (Å²) in [5.41, 5.74) is 5.34. The molecule has 2 aromatic carbocycles. The number of benzene rings is 2. The second-order valence-corrected chi connectivity index (χ2v) is 15.7. The molecule has 0 fully saturated rings. The first-order valence-electron chi connectivity index (χ1n) is 10.7. The van der Waals surface area contributed by atoms with Crippen LogP contribution in [0.15, 0.2) is 36.4 Å². The molecule has 152 valence electrons. The van der Waals surface area contributed by atoms with Gasteiger partial charge in [0.05, 0.1) is 0 Å². The molecule has 1 aliphatic rings. The highest BCUT2D eigenvalue weighted by Crippen LogP contribution is 2.52. The van der Waals surface area contributed by atoms with Crippen molar-refractivity contribution in [2.45, 2.75) is 84.4 Å². The van der Waals surface area contributed by atoms with E-state index in [1.165, 1.54) is 33.2 Å². The van der Waals surface area contributed by atoms with Crippen LogP contribution in [0, 0.1) is 0 Å². The Hall–Kier alpha value is -0.900. The van der Waals surface area contributed by atoms with Crippen LogP contribution in [0.4, 0.5) is 0 Å². The Morgan fingerprint density at radius 1 is 0.607 bits per heavy atom. The Morgan fingerprint density at radius 3 is 1.29 bits per heavy atom. The van der Waals surface area contributed by atoms with Gasteiger partial charge in [0.25, 0.3) is 0 Å². The molecule has 0 bridgehead atoms. The molecule has 2 aromatic rings. The van der Waals surface area contributed by atoms with Crippen molar-refractivity contribution in [1.82, 2.24) is 0 Å². The summed E-state index contributed by atoms with van der Waals surface area (Å²) in [5, 5.41) is 2.91. The van der Waals surface area contributed by atoms with Gasteiger partial charge in [-0.2, -0.15) is 0 Å². The molecule has 0 amide bonds. The fourth-order valence-electron chi connectivity index (χ4n) is 4.68. The SMILES string of the molecule is CC(C)P(c1cccc2c1Oc1c(cccc1P(C(C)C)C(C)C)C2)C(C)C. The summed E-state index contributed by atoms with van der Waals surface area (Å²) >= 11 is 0. The third kappa shape index (κ3) is 4.17. The van der Waals surface area contributed by atoms with Crippen LogP contribution in [0.2, 0.25) is 0 Å². The quantitative estimate of drug-likeness (QED) is 0.387. The molecule has 0 saturated carbocycles. The highest BCUT2D eigenvalue weighted by molar-refractivity contribution is 7.67. The van der Waals surface area contributed by atoms with E-state index in [2.05, 4.69) is 91.8 Å². The maximum atomic E-state index is 6.83. The lowest BCUT2D eigenvalue weighted by Crippen LogP contribution is -2.23. The number of rotatable bonds is 6. The minimum Gasteiger partial charge on any atom is -0.455 e. The zero-order chi connectivity index (χ0) is 20.6. The second kappa shape index (κ2) is 8.85. The summed E-state index contributed by atoms with van der Waals surface area (Å²) in [5.74, 6) is 2.33. The van der Waals surface area contributed by atoms with Gasteiger partial charge in [0, 0.05) is 17.0 Å². The van der Waals surface area contributed by atoms with Crippen LogP contribution in [-0.2, 0) is 6.42 Å². The van der Waals surface area contributed by atoms with E-state index in [9.17, 15) is 0 Å². The first-order chi connectivity index (χ1) is 13.2. The Labute approximate surface area is 174 Å². The van der Waals surface area contributed by atoms with E-state index in [0.717, 1.165) is 6.42 Å². The van der Waals surface area contributed by atoms with Crippen molar-refractivity contribution >= 4 is 26.5 Å². The molecule has 0 unspecified atom stereocenters. The summed E-state index contributed by atoms with van der Waals surface area (Å²) in [4.78, 5) is 0. The van der Waals surface area contributed by atoms with Gasteiger partial charge in [0.15, 0.2) is 0 Å². The molecule has 1 heterocycles. The van der Waals surface area contributed by atoms with Gasteiger partial charge >= 0.3 is 0 Å². The minimum atomic E-state index is -0.247. The maximum Gasteiger partial charge on any atom is 0.138 e. The Bertz CT molecular complexity index is 740. The van der Waals surface area contributed by atoms with Crippen LogP contribution in [-0.4, -0.2) is 22.6 Å². The van der Waals surface area contributed by atoms with Gasteiger partial charge in [-0.15, -0.1) is 0 Å². The third-order valence-corrected chi connectivity index (χ3v) is 11.8. The lowest BCUT2D eigenvalue weighted by atomic mass is 10.0. The van der Waals surface area contributed by atoms with Crippen LogP contribution >= 0.6 is 15.8 Å². The number of fused-ring (bicyclic) bond motifs is 2. The lowest BCUT2D eigenvalue weighted by molar-refractivity contribution is 0.467. The molecule has 0 N–H and O–H groups in total. The second-order valence-electron chi connectivity index (χ2n) is 9.00. The van der Waals surface area contributed by atoms with E-state index < -0.39 is 0 Å². The van der Waals surface area contributed by atoms with E-state index in [1.54, 1.807) is 0 Å². The van der Waals surface area contributed by atoms with Gasteiger partial charge in [-0.3, -0.25) is 0 Å². The van der Waals surface area contributed by atoms with Crippen molar-refractivity contribution in [3.05, 3.63) is 47.5 Å². The topological polar surface area (TPSA) is 9.23 Å². The van der Waals surface area contributed by atoms with Crippen LogP contribution < -0.4 is 15.3 Å². The van der Waals surface area contributed by atoms with Gasteiger partial charge in [-0.1, -0.05) is 108 Å². The van der Waals surface area contributed by atoms with Gasteiger partial charge in [0.1, 0.15) is 11.5 Å². The molecule has 1 aliphatic heterocycles. The summed E-state index contributed by atoms with van der Waals surface area (Å²) in [6.45, 7) is 18.9. The number of para-hydroxylation sites is 2. The highest BCUT2D eigenvalue weighted by Gasteiger charge is 2.30. The highest BCUT2D eigenvalue weighted by atomic mass is 31.1. The Kier molecular flexibility index (Phi) is 6.89. The van der Waals surface area contributed by atoms with Gasteiger partial charge < -0.3 is 4.74 Å². The third-order valence-electron chi connectivity index (χ3n) is 5.52. The van der Waals surface area contributed by atoms with Crippen molar-refractivity contribution in [2.24, 2.45) is 0 Å². The molecular weight excluding hydrogens is 378 g/mol. The fourth-order valence-corrected chi connectivity index (χ4v) is 10.7. The average Bonchev–Trinajstić information content (AvgIpc) is 2.59. The van der Waals surface area contributed by atoms with Crippen molar-refractivity contribution in [3.63, 3.8) is 0 Å². The summed E-state index contributed by atoms with van der Waals surface area (Å²) in [6, 6.07) is 13.6. The fraction of sp³-hybridized carbons (Fsp3) is 0.520. The summed E-state index contributed by atoms with van der Waals surface area (Å²) < 4.78 is 6.83. The molecule has 3 heteroatoms. The summed E-state index contributed by atoms with van der Waals surface area (Å²) in [6.07, 6.45) is 0.991. The first-order valence-corrected chi connectivity index (χ1v) is 13.7. The van der Waals surface area contributed by atoms with Crippen molar-refractivity contribution in [1.29, 1.82) is 0 Å². The molecule has 0 atom stereocenters. The first kappa shape index (κ1) is 21.8. The minimum absolute atomic E-state index is 0.247. The van der Waals surface area contributed by atoms with Crippen molar-refractivity contribution in [2.75, 3.05) is 0 Å². The monoisotopic (exact) mass is 414 g/mol. The zero-order valence-corrected chi connectivity index (χ0v) is 20.6. The lowest BCUT2D eigenvalue weighted by Gasteiger charge is -2.34. The number of hydrogen-bond acceptors (Lipinski definition) is 1. The Balaban J connectivity index is 2.12. The molecule has 28 heavy (non-hydrogen) atoms. The van der Waals surface area contributed by atoms with Crippen molar-refractivity contribution < 1.29 is 4.74 Å². The van der Waals surface area contributed by atoms with Crippen LogP contribution in [0.1, 0.15) is 66.5 Å². The smallest absolute Gasteiger partial charge is 0.138 e. The van der Waals surface area contributed by atoms with E-state index in [-0.39, 0.29) is 15.8 Å². The molecule has 0 saturated heterocycles. The molecule has 3 rings (SSSR count). The Morgan fingerprint density at radius 2 is 0.964 bits per heavy atom. The summed E-state index contributed by atoms with van der Waals surface area (Å²) in [7, 11) is -0.495. The van der Waals surface area contributed by atoms with Crippen LogP contribution in [0.25, 0.3) is 0 Å². The maximum absolute atomic E-state index is 6.83. The van der Waals surface area contributed by atoms with E-state index >= 15 is 0 Å². The predicted molar refractivity (Wildman–Crippen MR) is 129 cm³/mol. The largest absolute Gasteiger partial charge is 0.455 e. The van der Waals surface area contributed by atoms with Gasteiger partial charge in [-0.05, 0) is 33.8 Å². The molecule has 1 nitrogen and oxygen atoms in total. The number of hydrogen-bond donors (Lipinski definition) is 0. The molecule has 0 spiro atoms. The van der Waals surface area contributed by atoms with E-state index in [1.807, 2.05) is 0 Å². The molecule has 0 radical (unpaired) electrons. The molecule has 0 aromatic heterocycles. The molecule has 0 aliphatic carbocycles. The standard InChI is InChI=1S/C25H36OP2/c1-16(2)27(17(3)4)22-13-9-11-20-15-21-12-10-14-23(25(21)26-24(20)22)28(18(5)6)19(7)8/h9-14,16-19H,15H2,1-8H3. The van der Waals surface area contributed by atoms with Crippen LogP contribution in [0.3, 0.4) is 0 Å². The normalized spacial score (nSPS) is 13.6. The predicted octanol–water partition coefficient (Wildman–Crippen LogP) is 7.23. The zero-order valence-electron chi connectivity index (χ0n) is 18.8.